The average Bonchev–Trinajstić information content (AvgIpc) is 2.93. The first kappa shape index (κ1) is 14.8. The summed E-state index contributed by atoms with van der Waals surface area (Å²) in [6, 6.07) is 7.83. The Kier molecular flexibility index (Phi) is 3.69. The zero-order chi connectivity index (χ0) is 16.0. The minimum Gasteiger partial charge on any atom is -0.493 e. The van der Waals surface area contributed by atoms with E-state index in [9.17, 15) is 9.59 Å². The molecule has 1 aromatic carbocycles. The van der Waals surface area contributed by atoms with E-state index in [1.54, 1.807) is 6.92 Å². The molecule has 0 saturated heterocycles. The Morgan fingerprint density at radius 1 is 1.43 bits per heavy atom. The van der Waals surface area contributed by atoms with Gasteiger partial charge in [-0.2, -0.15) is 0 Å². The third-order valence-corrected chi connectivity index (χ3v) is 6.64. The van der Waals surface area contributed by atoms with Gasteiger partial charge >= 0.3 is 10.8 Å². The number of ether oxygens (including phenoxy) is 2. The van der Waals surface area contributed by atoms with Gasteiger partial charge in [-0.3, -0.25) is 9.59 Å². The quantitative estimate of drug-likeness (QED) is 0.844. The second-order valence-electron chi connectivity index (χ2n) is 5.49. The van der Waals surface area contributed by atoms with Crippen LogP contribution in [0.4, 0.5) is 0 Å². The highest BCUT2D eigenvalue weighted by Gasteiger charge is 2.47. The second kappa shape index (κ2) is 5.72. The molecule has 23 heavy (non-hydrogen) atoms. The monoisotopic (exact) mass is 349 g/mol. The Hall–Kier alpha value is -1.73. The van der Waals surface area contributed by atoms with E-state index in [-0.39, 0.29) is 27.9 Å². The van der Waals surface area contributed by atoms with Gasteiger partial charge in [-0.25, -0.2) is 0 Å². The van der Waals surface area contributed by atoms with Crippen LogP contribution in [0.5, 0.6) is 5.75 Å². The lowest BCUT2D eigenvalue weighted by Gasteiger charge is -2.39. The molecule has 5 nitrogen and oxygen atoms in total. The minimum atomic E-state index is -0.369. The molecule has 1 N–H and O–H groups in total. The number of thiazole rings is 1. The number of aromatic amines is 1. The van der Waals surface area contributed by atoms with Crippen LogP contribution in [0, 0.1) is 5.92 Å². The predicted molar refractivity (Wildman–Crippen MR) is 88.5 cm³/mol. The van der Waals surface area contributed by atoms with Gasteiger partial charge in [-0.1, -0.05) is 41.3 Å². The largest absolute Gasteiger partial charge is 0.493 e. The zero-order valence-corrected chi connectivity index (χ0v) is 14.0. The van der Waals surface area contributed by atoms with Crippen molar-refractivity contribution in [1.82, 2.24) is 4.98 Å². The maximum atomic E-state index is 12.4. The maximum Gasteiger partial charge on any atom is 0.319 e. The average molecular weight is 349 g/mol. The highest BCUT2D eigenvalue weighted by Crippen LogP contribution is 2.53. The summed E-state index contributed by atoms with van der Waals surface area (Å²) < 4.78 is 11.1. The molecule has 2 aliphatic heterocycles. The summed E-state index contributed by atoms with van der Waals surface area (Å²) in [6.45, 7) is 2.59. The van der Waals surface area contributed by atoms with Gasteiger partial charge in [0.1, 0.15) is 11.0 Å². The van der Waals surface area contributed by atoms with E-state index >= 15 is 0 Å². The number of aromatic nitrogens is 1. The number of hydrogen-bond donors (Lipinski definition) is 1. The summed E-state index contributed by atoms with van der Waals surface area (Å²) in [7, 11) is 0. The number of para-hydroxylation sites is 1. The lowest BCUT2D eigenvalue weighted by molar-refractivity contribution is -0.144. The van der Waals surface area contributed by atoms with Crippen molar-refractivity contribution in [3.05, 3.63) is 44.4 Å². The number of nitrogens with one attached hydrogen (secondary N) is 1. The third-order valence-electron chi connectivity index (χ3n) is 4.19. The standard InChI is InChI=1S/C16H15NO4S2/c1-2-20-15(18)12-9-7-21-10-6-4-3-5-8(10)11(9)13-14(22-12)17-16(19)23-13/h3-6,9,11-12H,2,7H2,1H3,(H,17,19)/t9-,11-,12+/m0/s1. The Labute approximate surface area is 141 Å². The number of hydrogen-bond acceptors (Lipinski definition) is 6. The van der Waals surface area contributed by atoms with Crippen LogP contribution in [-0.4, -0.2) is 29.4 Å². The van der Waals surface area contributed by atoms with E-state index in [1.165, 1.54) is 23.1 Å². The van der Waals surface area contributed by atoms with Gasteiger partial charge in [0, 0.05) is 22.3 Å². The Bertz CT molecular complexity index is 812. The first-order valence-electron chi connectivity index (χ1n) is 7.47. The fraction of sp³-hybridized carbons (Fsp3) is 0.375. The minimum absolute atomic E-state index is 0.00504. The van der Waals surface area contributed by atoms with Gasteiger partial charge in [0.05, 0.1) is 18.2 Å². The lowest BCUT2D eigenvalue weighted by atomic mass is 9.80. The molecule has 2 aromatic rings. The van der Waals surface area contributed by atoms with Gasteiger partial charge in [0.15, 0.2) is 0 Å². The number of H-pyrrole nitrogens is 1. The number of rotatable bonds is 2. The highest BCUT2D eigenvalue weighted by molar-refractivity contribution is 8.00. The Balaban J connectivity index is 1.85. The van der Waals surface area contributed by atoms with E-state index in [2.05, 4.69) is 4.98 Å². The van der Waals surface area contributed by atoms with Gasteiger partial charge in [-0.15, -0.1) is 0 Å². The molecular weight excluding hydrogens is 334 g/mol. The maximum absolute atomic E-state index is 12.4. The number of benzene rings is 1. The van der Waals surface area contributed by atoms with Crippen molar-refractivity contribution in [3.8, 4) is 5.75 Å². The van der Waals surface area contributed by atoms with Crippen LogP contribution in [0.25, 0.3) is 0 Å². The molecule has 0 bridgehead atoms. The molecule has 0 radical (unpaired) electrons. The van der Waals surface area contributed by atoms with Gasteiger partial charge in [0.25, 0.3) is 0 Å². The fourth-order valence-corrected chi connectivity index (χ4v) is 5.74. The molecule has 1 aromatic heterocycles. The molecule has 120 valence electrons. The van der Waals surface area contributed by atoms with Crippen LogP contribution in [0.2, 0.25) is 0 Å². The van der Waals surface area contributed by atoms with Crippen molar-refractivity contribution in [1.29, 1.82) is 0 Å². The molecule has 2 aliphatic rings. The van der Waals surface area contributed by atoms with E-state index in [0.29, 0.717) is 13.2 Å². The molecule has 0 unspecified atom stereocenters. The second-order valence-corrected chi connectivity index (χ2v) is 7.66. The van der Waals surface area contributed by atoms with Crippen molar-refractivity contribution >= 4 is 29.1 Å². The molecule has 0 amide bonds. The molecule has 4 rings (SSSR count). The smallest absolute Gasteiger partial charge is 0.319 e. The first-order chi connectivity index (χ1) is 11.2. The molecule has 7 heteroatoms. The Morgan fingerprint density at radius 3 is 3.09 bits per heavy atom. The fourth-order valence-electron chi connectivity index (χ4n) is 3.26. The van der Waals surface area contributed by atoms with Crippen LogP contribution in [0.3, 0.4) is 0 Å². The van der Waals surface area contributed by atoms with Crippen molar-refractivity contribution in [2.45, 2.75) is 23.1 Å². The van der Waals surface area contributed by atoms with Gasteiger partial charge in [0.2, 0.25) is 0 Å². The SMILES string of the molecule is CCOC(=O)[C@@H]1Sc2[nH]c(=O)sc2[C@H]2c3ccccc3OC[C@@H]21. The molecule has 0 fully saturated rings. The third kappa shape index (κ3) is 2.38. The van der Waals surface area contributed by atoms with Crippen LogP contribution < -0.4 is 9.61 Å². The van der Waals surface area contributed by atoms with Crippen molar-refractivity contribution < 1.29 is 14.3 Å². The number of thioether (sulfide) groups is 1. The predicted octanol–water partition coefficient (Wildman–Crippen LogP) is 2.61. The summed E-state index contributed by atoms with van der Waals surface area (Å²) in [5.74, 6) is 0.547. The van der Waals surface area contributed by atoms with Crippen LogP contribution in [0.1, 0.15) is 23.3 Å². The van der Waals surface area contributed by atoms with Crippen LogP contribution in [-0.2, 0) is 9.53 Å². The van der Waals surface area contributed by atoms with Crippen LogP contribution in [0.15, 0.2) is 34.1 Å². The molecule has 0 spiro atoms. The van der Waals surface area contributed by atoms with E-state index in [0.717, 1.165) is 21.2 Å². The summed E-state index contributed by atoms with van der Waals surface area (Å²) in [5, 5.41) is 0.419. The molecular formula is C16H15NO4S2. The molecule has 3 heterocycles. The molecule has 0 aliphatic carbocycles. The zero-order valence-electron chi connectivity index (χ0n) is 12.4. The summed E-state index contributed by atoms with van der Waals surface area (Å²) in [6.07, 6.45) is 0. The number of carbonyl (C=O) groups excluding carboxylic acids is 1. The highest BCUT2D eigenvalue weighted by atomic mass is 32.2. The topological polar surface area (TPSA) is 68.4 Å². The van der Waals surface area contributed by atoms with E-state index in [1.807, 2.05) is 24.3 Å². The number of esters is 1. The van der Waals surface area contributed by atoms with Crippen molar-refractivity contribution in [3.63, 3.8) is 0 Å². The van der Waals surface area contributed by atoms with Crippen LogP contribution >= 0.6 is 23.1 Å². The first-order valence-corrected chi connectivity index (χ1v) is 9.16. The molecule has 3 atom stereocenters. The number of carbonyl (C=O) groups is 1. The van der Waals surface area contributed by atoms with Gasteiger partial charge in [-0.05, 0) is 13.0 Å². The Morgan fingerprint density at radius 2 is 2.26 bits per heavy atom. The summed E-state index contributed by atoms with van der Waals surface area (Å²) >= 11 is 2.61. The molecule has 0 saturated carbocycles. The van der Waals surface area contributed by atoms with Gasteiger partial charge < -0.3 is 14.5 Å². The van der Waals surface area contributed by atoms with Crippen molar-refractivity contribution in [2.75, 3.05) is 13.2 Å². The lowest BCUT2D eigenvalue weighted by Crippen LogP contribution is -2.41. The normalized spacial score (nSPS) is 24.8. The van der Waals surface area contributed by atoms with E-state index < -0.39 is 0 Å². The van der Waals surface area contributed by atoms with E-state index in [4.69, 9.17) is 9.47 Å². The van der Waals surface area contributed by atoms with Crippen molar-refractivity contribution in [2.24, 2.45) is 5.92 Å². The summed E-state index contributed by atoms with van der Waals surface area (Å²) in [4.78, 5) is 28.0. The summed E-state index contributed by atoms with van der Waals surface area (Å²) in [5.41, 5.74) is 1.04. The number of fused-ring (bicyclic) bond motifs is 5.